The number of guanidine groups is 1. The molecule has 0 radical (unpaired) electrons. The summed E-state index contributed by atoms with van der Waals surface area (Å²) in [6.07, 6.45) is 1.28. The van der Waals surface area contributed by atoms with Crippen molar-refractivity contribution in [3.63, 3.8) is 0 Å². The Morgan fingerprint density at radius 3 is 2.79 bits per heavy atom. The molecule has 0 saturated heterocycles. The molecular formula is C6H8N6OS. The summed E-state index contributed by atoms with van der Waals surface area (Å²) in [6.45, 7) is 0. The first-order valence-electron chi connectivity index (χ1n) is 3.53. The van der Waals surface area contributed by atoms with Gasteiger partial charge in [0, 0.05) is 6.07 Å². The van der Waals surface area contributed by atoms with E-state index in [1.807, 2.05) is 0 Å². The minimum atomic E-state index is -0.320. The third-order valence-corrected chi connectivity index (χ3v) is 1.36. The van der Waals surface area contributed by atoms with Crippen LogP contribution in [0.2, 0.25) is 0 Å². The van der Waals surface area contributed by atoms with E-state index in [1.165, 1.54) is 12.3 Å². The van der Waals surface area contributed by atoms with Crippen LogP contribution >= 0.6 is 12.2 Å². The van der Waals surface area contributed by atoms with E-state index >= 15 is 0 Å². The van der Waals surface area contributed by atoms with Gasteiger partial charge in [0.25, 0.3) is 5.56 Å². The van der Waals surface area contributed by atoms with E-state index in [0.717, 1.165) is 0 Å². The molecule has 1 aromatic heterocycles. The normalized spacial score (nSPS) is 10.3. The van der Waals surface area contributed by atoms with Crippen LogP contribution in [-0.4, -0.2) is 22.1 Å². The smallest absolute Gasteiger partial charge is 0.252 e. The zero-order valence-corrected chi connectivity index (χ0v) is 7.84. The molecule has 1 aromatic rings. The first kappa shape index (κ1) is 10.1. The zero-order valence-electron chi connectivity index (χ0n) is 7.02. The molecule has 7 nitrogen and oxygen atoms in total. The number of nitrogens with one attached hydrogen (secondary N) is 2. The fourth-order valence-corrected chi connectivity index (χ4v) is 0.933. The molecule has 0 spiro atoms. The third kappa shape index (κ3) is 3.19. The SMILES string of the molecule is NC(N)=N/N=C\c1cc(=O)[nH]c(=S)[nH]1. The Morgan fingerprint density at radius 1 is 1.50 bits per heavy atom. The van der Waals surface area contributed by atoms with Crippen LogP contribution in [0.4, 0.5) is 0 Å². The molecule has 0 atom stereocenters. The molecule has 14 heavy (non-hydrogen) atoms. The lowest BCUT2D eigenvalue weighted by Gasteiger charge is -1.90. The van der Waals surface area contributed by atoms with Crippen LogP contribution < -0.4 is 17.0 Å². The third-order valence-electron chi connectivity index (χ3n) is 1.15. The molecule has 0 fully saturated rings. The lowest BCUT2D eigenvalue weighted by Crippen LogP contribution is -2.21. The van der Waals surface area contributed by atoms with Crippen LogP contribution in [0.3, 0.4) is 0 Å². The van der Waals surface area contributed by atoms with Crippen LogP contribution in [0.25, 0.3) is 0 Å². The average Bonchev–Trinajstić information content (AvgIpc) is 2.01. The Hall–Kier alpha value is -1.96. The molecule has 1 heterocycles. The summed E-state index contributed by atoms with van der Waals surface area (Å²) < 4.78 is 0.212. The van der Waals surface area contributed by atoms with Gasteiger partial charge in [0.1, 0.15) is 0 Å². The highest BCUT2D eigenvalue weighted by Gasteiger charge is 1.89. The van der Waals surface area contributed by atoms with Gasteiger partial charge >= 0.3 is 0 Å². The lowest BCUT2D eigenvalue weighted by atomic mass is 10.4. The summed E-state index contributed by atoms with van der Waals surface area (Å²) in [5.74, 6) is -0.162. The molecular weight excluding hydrogens is 204 g/mol. The predicted octanol–water partition coefficient (Wildman–Crippen LogP) is -0.960. The molecule has 0 aliphatic rings. The highest BCUT2D eigenvalue weighted by Crippen LogP contribution is 1.83. The molecule has 0 aliphatic heterocycles. The van der Waals surface area contributed by atoms with Crippen LogP contribution in [0, 0.1) is 4.77 Å². The number of rotatable bonds is 2. The largest absolute Gasteiger partial charge is 0.369 e. The molecule has 1 rings (SSSR count). The molecule has 0 aliphatic carbocycles. The van der Waals surface area contributed by atoms with Crippen molar-refractivity contribution >= 4 is 24.4 Å². The van der Waals surface area contributed by atoms with Gasteiger partial charge in [-0.3, -0.25) is 9.78 Å². The van der Waals surface area contributed by atoms with Gasteiger partial charge in [0.05, 0.1) is 11.9 Å². The number of hydrogen-bond donors (Lipinski definition) is 4. The second kappa shape index (κ2) is 4.33. The van der Waals surface area contributed by atoms with Crippen LogP contribution in [-0.2, 0) is 0 Å². The Kier molecular flexibility index (Phi) is 3.13. The fraction of sp³-hybridized carbons (Fsp3) is 0. The summed E-state index contributed by atoms with van der Waals surface area (Å²) in [5, 5.41) is 6.86. The zero-order chi connectivity index (χ0) is 10.6. The van der Waals surface area contributed by atoms with Gasteiger partial charge in [-0.25, -0.2) is 0 Å². The maximum absolute atomic E-state index is 10.9. The minimum Gasteiger partial charge on any atom is -0.369 e. The van der Waals surface area contributed by atoms with Crippen molar-refractivity contribution in [2.24, 2.45) is 21.7 Å². The van der Waals surface area contributed by atoms with Crippen molar-refractivity contribution in [3.05, 3.63) is 26.9 Å². The van der Waals surface area contributed by atoms with Gasteiger partial charge in [0.2, 0.25) is 5.96 Å². The second-order valence-electron chi connectivity index (χ2n) is 2.31. The van der Waals surface area contributed by atoms with E-state index in [9.17, 15) is 4.79 Å². The van der Waals surface area contributed by atoms with Gasteiger partial charge < -0.3 is 16.5 Å². The van der Waals surface area contributed by atoms with E-state index < -0.39 is 0 Å². The van der Waals surface area contributed by atoms with E-state index in [1.54, 1.807) is 0 Å². The number of hydrogen-bond acceptors (Lipinski definition) is 4. The topological polar surface area (TPSA) is 125 Å². The van der Waals surface area contributed by atoms with Crippen LogP contribution in [0.5, 0.6) is 0 Å². The molecule has 6 N–H and O–H groups in total. The Labute approximate surface area is 83.6 Å². The molecule has 0 saturated carbocycles. The monoisotopic (exact) mass is 212 g/mol. The summed E-state index contributed by atoms with van der Waals surface area (Å²) in [6, 6.07) is 1.28. The second-order valence-corrected chi connectivity index (χ2v) is 2.72. The summed E-state index contributed by atoms with van der Waals surface area (Å²) in [7, 11) is 0. The van der Waals surface area contributed by atoms with Crippen LogP contribution in [0.1, 0.15) is 5.69 Å². The Bertz CT molecular complexity index is 451. The van der Waals surface area contributed by atoms with E-state index in [2.05, 4.69) is 20.2 Å². The van der Waals surface area contributed by atoms with E-state index in [0.29, 0.717) is 5.69 Å². The maximum Gasteiger partial charge on any atom is 0.252 e. The van der Waals surface area contributed by atoms with E-state index in [-0.39, 0.29) is 16.3 Å². The highest BCUT2D eigenvalue weighted by molar-refractivity contribution is 7.71. The maximum atomic E-state index is 10.9. The molecule has 0 aromatic carbocycles. The summed E-state index contributed by atoms with van der Waals surface area (Å²) >= 11 is 4.73. The molecule has 74 valence electrons. The van der Waals surface area contributed by atoms with Gasteiger partial charge in [-0.2, -0.15) is 5.10 Å². The first-order valence-corrected chi connectivity index (χ1v) is 3.94. The quantitative estimate of drug-likeness (QED) is 0.218. The fourth-order valence-electron chi connectivity index (χ4n) is 0.715. The van der Waals surface area contributed by atoms with E-state index in [4.69, 9.17) is 23.7 Å². The average molecular weight is 212 g/mol. The molecule has 0 bridgehead atoms. The van der Waals surface area contributed by atoms with Crippen LogP contribution in [0.15, 0.2) is 21.1 Å². The van der Waals surface area contributed by atoms with Crippen molar-refractivity contribution in [2.75, 3.05) is 0 Å². The molecule has 8 heteroatoms. The van der Waals surface area contributed by atoms with Crippen molar-refractivity contribution in [3.8, 4) is 0 Å². The minimum absolute atomic E-state index is 0.162. The number of nitrogens with two attached hydrogens (primary N) is 2. The predicted molar refractivity (Wildman–Crippen MR) is 55.7 cm³/mol. The van der Waals surface area contributed by atoms with Crippen molar-refractivity contribution in [2.45, 2.75) is 0 Å². The Morgan fingerprint density at radius 2 is 2.21 bits per heavy atom. The first-order chi connectivity index (χ1) is 6.58. The number of aromatic amines is 2. The molecule has 0 unspecified atom stereocenters. The van der Waals surface area contributed by atoms with Crippen molar-refractivity contribution in [1.82, 2.24) is 9.97 Å². The standard InChI is InChI=1S/C6H8N6OS/c7-5(8)12-9-2-3-1-4(13)11-6(14)10-3/h1-2H,(H4,7,8,12)(H2,10,11,13,14)/b9-2-. The number of nitrogens with zero attached hydrogens (tertiary/aromatic N) is 2. The van der Waals surface area contributed by atoms with Crippen molar-refractivity contribution in [1.29, 1.82) is 0 Å². The number of H-pyrrole nitrogens is 2. The lowest BCUT2D eigenvalue weighted by molar-refractivity contribution is 1.07. The summed E-state index contributed by atoms with van der Waals surface area (Å²) in [4.78, 5) is 16.0. The number of aromatic nitrogens is 2. The van der Waals surface area contributed by atoms with Gasteiger partial charge in [-0.1, -0.05) is 0 Å². The van der Waals surface area contributed by atoms with Gasteiger partial charge in [-0.05, 0) is 12.2 Å². The Balaban J connectivity index is 2.98. The molecule has 0 amide bonds. The van der Waals surface area contributed by atoms with Gasteiger partial charge in [0.15, 0.2) is 4.77 Å². The van der Waals surface area contributed by atoms with Crippen molar-refractivity contribution < 1.29 is 0 Å². The highest BCUT2D eigenvalue weighted by atomic mass is 32.1. The summed E-state index contributed by atoms with van der Waals surface area (Å²) in [5.41, 5.74) is 10.2. The van der Waals surface area contributed by atoms with Gasteiger partial charge in [-0.15, -0.1) is 5.10 Å².